The van der Waals surface area contributed by atoms with Crippen LogP contribution in [-0.2, 0) is 9.53 Å². The third kappa shape index (κ3) is 9.59. The lowest BCUT2D eigenvalue weighted by Crippen LogP contribution is -2.27. The molecule has 0 aliphatic carbocycles. The van der Waals surface area contributed by atoms with Gasteiger partial charge in [-0.05, 0) is 40.0 Å². The van der Waals surface area contributed by atoms with Gasteiger partial charge in [0.1, 0.15) is 0 Å². The highest BCUT2D eigenvalue weighted by molar-refractivity contribution is 5.75. The second-order valence-corrected chi connectivity index (χ2v) is 6.06. The maximum absolute atomic E-state index is 11.9. The average Bonchev–Trinajstić information content (AvgIpc) is 2.33. The minimum absolute atomic E-state index is 0.154. The summed E-state index contributed by atoms with van der Waals surface area (Å²) in [6.45, 7) is 9.96. The topological polar surface area (TPSA) is 26.3 Å². The molecule has 0 saturated carbocycles. The van der Waals surface area contributed by atoms with E-state index in [1.54, 1.807) is 0 Å². The van der Waals surface area contributed by atoms with Crippen molar-refractivity contribution in [1.29, 1.82) is 0 Å². The van der Waals surface area contributed by atoms with E-state index >= 15 is 0 Å². The van der Waals surface area contributed by atoms with Crippen LogP contribution in [0.3, 0.4) is 0 Å². The van der Waals surface area contributed by atoms with Crippen molar-refractivity contribution in [3.05, 3.63) is 0 Å². The fraction of sp³-hybridized carbons (Fsp3) is 0.824. The van der Waals surface area contributed by atoms with Crippen molar-refractivity contribution in [2.75, 3.05) is 0 Å². The Balaban J connectivity index is 4.39. The Kier molecular flexibility index (Phi) is 9.39. The number of esters is 1. The van der Waals surface area contributed by atoms with Gasteiger partial charge >= 0.3 is 5.97 Å². The molecule has 0 N–H and O–H groups in total. The molecule has 0 fully saturated rings. The van der Waals surface area contributed by atoms with E-state index in [0.717, 1.165) is 32.1 Å². The first-order valence-corrected chi connectivity index (χ1v) is 7.61. The molecule has 19 heavy (non-hydrogen) atoms. The minimum Gasteiger partial charge on any atom is -0.449 e. The summed E-state index contributed by atoms with van der Waals surface area (Å²) in [4.78, 5) is 11.9. The van der Waals surface area contributed by atoms with Crippen molar-refractivity contribution < 1.29 is 9.53 Å². The maximum atomic E-state index is 11.9. The molecule has 0 spiro atoms. The lowest BCUT2D eigenvalue weighted by molar-refractivity contribution is -0.156. The number of rotatable bonds is 7. The van der Waals surface area contributed by atoms with E-state index in [2.05, 4.69) is 25.7 Å². The molecule has 0 bridgehead atoms. The van der Waals surface area contributed by atoms with Gasteiger partial charge in [-0.15, -0.1) is 0 Å². The van der Waals surface area contributed by atoms with Crippen LogP contribution in [0.4, 0.5) is 0 Å². The molecule has 0 aromatic rings. The van der Waals surface area contributed by atoms with Gasteiger partial charge in [-0.2, -0.15) is 0 Å². The maximum Gasteiger partial charge on any atom is 0.312 e. The Labute approximate surface area is 119 Å². The SMILES string of the molecule is CCCCC#CC(CCCCC)OC(=O)C(C)(C)C. The molecule has 0 rings (SSSR count). The van der Waals surface area contributed by atoms with Gasteiger partial charge < -0.3 is 4.74 Å². The molecular formula is C17H30O2. The summed E-state index contributed by atoms with van der Waals surface area (Å²) in [5.41, 5.74) is -0.450. The van der Waals surface area contributed by atoms with Crippen LogP contribution in [-0.4, -0.2) is 12.1 Å². The Hall–Kier alpha value is -0.970. The second kappa shape index (κ2) is 9.89. The van der Waals surface area contributed by atoms with Crippen LogP contribution in [0.15, 0.2) is 0 Å². The molecular weight excluding hydrogens is 236 g/mol. The first-order valence-electron chi connectivity index (χ1n) is 7.61. The van der Waals surface area contributed by atoms with E-state index < -0.39 is 5.41 Å². The van der Waals surface area contributed by atoms with E-state index in [4.69, 9.17) is 4.74 Å². The molecule has 0 aromatic heterocycles. The molecule has 0 aliphatic rings. The summed E-state index contributed by atoms with van der Waals surface area (Å²) < 4.78 is 5.53. The molecule has 0 amide bonds. The number of carbonyl (C=O) groups is 1. The monoisotopic (exact) mass is 266 g/mol. The first kappa shape index (κ1) is 18.0. The zero-order chi connectivity index (χ0) is 14.7. The molecule has 0 saturated heterocycles. The predicted molar refractivity (Wildman–Crippen MR) is 80.8 cm³/mol. The van der Waals surface area contributed by atoms with E-state index in [9.17, 15) is 4.79 Å². The fourth-order valence-electron chi connectivity index (χ4n) is 1.50. The van der Waals surface area contributed by atoms with Crippen molar-refractivity contribution in [1.82, 2.24) is 0 Å². The largest absolute Gasteiger partial charge is 0.449 e. The summed E-state index contributed by atoms with van der Waals surface area (Å²) in [6.07, 6.45) is 7.20. The summed E-state index contributed by atoms with van der Waals surface area (Å²) in [5, 5.41) is 0. The smallest absolute Gasteiger partial charge is 0.312 e. The Morgan fingerprint density at radius 1 is 1.11 bits per heavy atom. The number of carbonyl (C=O) groups excluding carboxylic acids is 1. The zero-order valence-corrected chi connectivity index (χ0v) is 13.3. The molecule has 2 heteroatoms. The number of hydrogen-bond acceptors (Lipinski definition) is 2. The number of unbranched alkanes of at least 4 members (excludes halogenated alkanes) is 4. The van der Waals surface area contributed by atoms with Crippen molar-refractivity contribution >= 4 is 5.97 Å². The summed E-state index contributed by atoms with van der Waals surface area (Å²) >= 11 is 0. The molecule has 0 aromatic carbocycles. The van der Waals surface area contributed by atoms with E-state index in [0.29, 0.717) is 0 Å². The number of hydrogen-bond donors (Lipinski definition) is 0. The van der Waals surface area contributed by atoms with Crippen molar-refractivity contribution in [2.45, 2.75) is 85.7 Å². The number of ether oxygens (including phenoxy) is 1. The minimum atomic E-state index is -0.450. The summed E-state index contributed by atoms with van der Waals surface area (Å²) in [6, 6.07) is 0. The van der Waals surface area contributed by atoms with Crippen LogP contribution in [0.25, 0.3) is 0 Å². The molecule has 1 unspecified atom stereocenters. The quantitative estimate of drug-likeness (QED) is 0.379. The summed E-state index contributed by atoms with van der Waals surface area (Å²) in [7, 11) is 0. The van der Waals surface area contributed by atoms with E-state index in [-0.39, 0.29) is 12.1 Å². The Morgan fingerprint density at radius 3 is 2.26 bits per heavy atom. The van der Waals surface area contributed by atoms with Crippen LogP contribution >= 0.6 is 0 Å². The average molecular weight is 266 g/mol. The van der Waals surface area contributed by atoms with Gasteiger partial charge in [0.05, 0.1) is 5.41 Å². The highest BCUT2D eigenvalue weighted by Crippen LogP contribution is 2.18. The van der Waals surface area contributed by atoms with Crippen molar-refractivity contribution in [3.8, 4) is 11.8 Å². The highest BCUT2D eigenvalue weighted by atomic mass is 16.5. The van der Waals surface area contributed by atoms with Crippen LogP contribution in [0.2, 0.25) is 0 Å². The Bertz CT molecular complexity index is 301. The molecule has 0 aliphatic heterocycles. The van der Waals surface area contributed by atoms with Gasteiger partial charge in [0.25, 0.3) is 0 Å². The lowest BCUT2D eigenvalue weighted by Gasteiger charge is -2.20. The normalized spacial score (nSPS) is 12.5. The van der Waals surface area contributed by atoms with Crippen LogP contribution in [0.1, 0.15) is 79.6 Å². The lowest BCUT2D eigenvalue weighted by atomic mass is 9.97. The van der Waals surface area contributed by atoms with Crippen molar-refractivity contribution in [3.63, 3.8) is 0 Å². The third-order valence-electron chi connectivity index (χ3n) is 2.85. The van der Waals surface area contributed by atoms with Gasteiger partial charge in [0.2, 0.25) is 0 Å². The Morgan fingerprint density at radius 2 is 1.74 bits per heavy atom. The second-order valence-electron chi connectivity index (χ2n) is 6.06. The van der Waals surface area contributed by atoms with Crippen LogP contribution in [0.5, 0.6) is 0 Å². The van der Waals surface area contributed by atoms with Crippen LogP contribution in [0, 0.1) is 17.3 Å². The first-order chi connectivity index (χ1) is 8.91. The van der Waals surface area contributed by atoms with Gasteiger partial charge in [-0.3, -0.25) is 4.79 Å². The van der Waals surface area contributed by atoms with Gasteiger partial charge in [0, 0.05) is 6.42 Å². The highest BCUT2D eigenvalue weighted by Gasteiger charge is 2.25. The molecule has 1 atom stereocenters. The van der Waals surface area contributed by atoms with E-state index in [1.807, 2.05) is 20.8 Å². The predicted octanol–water partition coefficient (Wildman–Crippen LogP) is 4.72. The molecule has 0 radical (unpaired) electrons. The standard InChI is InChI=1S/C17H30O2/c1-6-8-10-12-14-15(13-11-9-7-2)19-16(18)17(3,4)5/h15H,6-11,13H2,1-5H3. The van der Waals surface area contributed by atoms with E-state index in [1.165, 1.54) is 12.8 Å². The van der Waals surface area contributed by atoms with Gasteiger partial charge in [-0.1, -0.05) is 45.0 Å². The van der Waals surface area contributed by atoms with Crippen molar-refractivity contribution in [2.24, 2.45) is 5.41 Å². The van der Waals surface area contributed by atoms with Crippen LogP contribution < -0.4 is 0 Å². The molecule has 0 heterocycles. The third-order valence-corrected chi connectivity index (χ3v) is 2.85. The van der Waals surface area contributed by atoms with Gasteiger partial charge in [0.15, 0.2) is 6.10 Å². The fourth-order valence-corrected chi connectivity index (χ4v) is 1.50. The molecule has 110 valence electrons. The molecule has 2 nitrogen and oxygen atoms in total. The summed E-state index contributed by atoms with van der Waals surface area (Å²) in [5.74, 6) is 6.11. The zero-order valence-electron chi connectivity index (χ0n) is 13.3. The van der Waals surface area contributed by atoms with Gasteiger partial charge in [-0.25, -0.2) is 0 Å².